The van der Waals surface area contributed by atoms with Crippen LogP contribution in [0.3, 0.4) is 0 Å². The molecule has 0 aliphatic heterocycles. The average Bonchev–Trinajstić information content (AvgIpc) is 1.54. The third kappa shape index (κ3) is 3.24. The van der Waals surface area contributed by atoms with Gasteiger partial charge in [0.05, 0.1) is 0 Å². The van der Waals surface area contributed by atoms with Crippen molar-refractivity contribution in [2.75, 3.05) is 14.1 Å². The first kappa shape index (κ1) is 11.0. The minimum Gasteiger partial charge on any atom is -0.306 e. The molecule has 1 atom stereocenters. The third-order valence-electron chi connectivity index (χ3n) is 2.08. The van der Waals surface area contributed by atoms with Gasteiger partial charge in [0.15, 0.2) is 0 Å². The number of hydrogen-bond donors (Lipinski definition) is 0. The van der Waals surface area contributed by atoms with Crippen molar-refractivity contribution in [3.63, 3.8) is 0 Å². The maximum Gasteiger partial charge on any atom is 0.0161 e. The Hall–Kier alpha value is -0.0400. The molecular weight excluding hydrogens is 134 g/mol. The largest absolute Gasteiger partial charge is 0.306 e. The summed E-state index contributed by atoms with van der Waals surface area (Å²) >= 11 is 0. The fourth-order valence-corrected chi connectivity index (χ4v) is 2.37. The topological polar surface area (TPSA) is 3.24 Å². The van der Waals surface area contributed by atoms with Gasteiger partial charge in [0.2, 0.25) is 0 Å². The van der Waals surface area contributed by atoms with Gasteiger partial charge in [0, 0.05) is 6.04 Å². The second-order valence-corrected chi connectivity index (χ2v) is 5.02. The van der Waals surface area contributed by atoms with E-state index in [0.717, 1.165) is 5.92 Å². The molecule has 0 saturated heterocycles. The summed E-state index contributed by atoms with van der Waals surface area (Å²) in [5, 5.41) is 0. The van der Waals surface area contributed by atoms with Gasteiger partial charge in [0.25, 0.3) is 0 Å². The van der Waals surface area contributed by atoms with E-state index >= 15 is 0 Å². The fraction of sp³-hybridized carbons (Fsp3) is 1.00. The van der Waals surface area contributed by atoms with Crippen LogP contribution in [0.25, 0.3) is 0 Å². The van der Waals surface area contributed by atoms with Crippen LogP contribution in [0.4, 0.5) is 0 Å². The molecular formula is C10H23N. The molecule has 0 aromatic carbocycles. The van der Waals surface area contributed by atoms with Crippen molar-refractivity contribution < 1.29 is 0 Å². The Kier molecular flexibility index (Phi) is 3.56. The van der Waals surface area contributed by atoms with E-state index in [0.29, 0.717) is 11.5 Å². The normalized spacial score (nSPS) is 16.1. The van der Waals surface area contributed by atoms with E-state index in [-0.39, 0.29) is 0 Å². The molecule has 0 aromatic heterocycles. The molecule has 0 amide bonds. The quantitative estimate of drug-likeness (QED) is 0.595. The predicted octanol–water partition coefficient (Wildman–Crippen LogP) is 2.62. The predicted molar refractivity (Wildman–Crippen MR) is 51.8 cm³/mol. The van der Waals surface area contributed by atoms with E-state index in [4.69, 9.17) is 0 Å². The lowest BCUT2D eigenvalue weighted by Crippen LogP contribution is -2.43. The molecule has 68 valence electrons. The minimum absolute atomic E-state index is 0.387. The van der Waals surface area contributed by atoms with Crippen LogP contribution in [0.15, 0.2) is 0 Å². The Morgan fingerprint density at radius 2 is 1.36 bits per heavy atom. The SMILES string of the molecule is CC(C)[C@@H](N(C)C)C(C)(C)C. The minimum atomic E-state index is 0.387. The highest BCUT2D eigenvalue weighted by Crippen LogP contribution is 2.28. The lowest BCUT2D eigenvalue weighted by atomic mass is 9.79. The van der Waals surface area contributed by atoms with Crippen LogP contribution in [0.1, 0.15) is 34.6 Å². The number of rotatable bonds is 2. The highest BCUT2D eigenvalue weighted by Gasteiger charge is 2.28. The van der Waals surface area contributed by atoms with Crippen molar-refractivity contribution in [1.29, 1.82) is 0 Å². The van der Waals surface area contributed by atoms with Crippen LogP contribution in [0, 0.1) is 11.3 Å². The number of nitrogens with zero attached hydrogens (tertiary/aromatic N) is 1. The second-order valence-electron chi connectivity index (χ2n) is 5.02. The highest BCUT2D eigenvalue weighted by molar-refractivity contribution is 4.82. The van der Waals surface area contributed by atoms with Crippen molar-refractivity contribution in [2.45, 2.75) is 40.7 Å². The first-order valence-electron chi connectivity index (χ1n) is 4.43. The van der Waals surface area contributed by atoms with Crippen molar-refractivity contribution in [1.82, 2.24) is 4.90 Å². The maximum atomic E-state index is 2.32. The van der Waals surface area contributed by atoms with E-state index in [1.807, 2.05) is 0 Å². The van der Waals surface area contributed by atoms with E-state index in [9.17, 15) is 0 Å². The summed E-state index contributed by atoms with van der Waals surface area (Å²) in [6.45, 7) is 11.5. The molecule has 0 heterocycles. The van der Waals surface area contributed by atoms with E-state index in [1.54, 1.807) is 0 Å². The summed E-state index contributed by atoms with van der Waals surface area (Å²) in [5.41, 5.74) is 0.387. The zero-order chi connectivity index (χ0) is 9.23. The molecule has 0 N–H and O–H groups in total. The second kappa shape index (κ2) is 3.57. The summed E-state index contributed by atoms with van der Waals surface area (Å²) in [6, 6.07) is 0.669. The monoisotopic (exact) mass is 157 g/mol. The van der Waals surface area contributed by atoms with Crippen molar-refractivity contribution in [3.8, 4) is 0 Å². The van der Waals surface area contributed by atoms with Crippen LogP contribution in [0.5, 0.6) is 0 Å². The molecule has 1 nitrogen and oxygen atoms in total. The zero-order valence-corrected chi connectivity index (χ0v) is 9.10. The average molecular weight is 157 g/mol. The first-order valence-corrected chi connectivity index (χ1v) is 4.43. The molecule has 0 unspecified atom stereocenters. The Morgan fingerprint density at radius 1 is 1.00 bits per heavy atom. The lowest BCUT2D eigenvalue weighted by Gasteiger charge is -2.39. The van der Waals surface area contributed by atoms with Crippen molar-refractivity contribution >= 4 is 0 Å². The van der Waals surface area contributed by atoms with Crippen LogP contribution in [-0.4, -0.2) is 25.0 Å². The van der Waals surface area contributed by atoms with E-state index in [2.05, 4.69) is 53.6 Å². The maximum absolute atomic E-state index is 2.32. The van der Waals surface area contributed by atoms with Gasteiger partial charge >= 0.3 is 0 Å². The Morgan fingerprint density at radius 3 is 1.36 bits per heavy atom. The van der Waals surface area contributed by atoms with Gasteiger partial charge in [-0.25, -0.2) is 0 Å². The lowest BCUT2D eigenvalue weighted by molar-refractivity contribution is 0.108. The van der Waals surface area contributed by atoms with Crippen LogP contribution >= 0.6 is 0 Å². The van der Waals surface area contributed by atoms with Gasteiger partial charge in [-0.05, 0) is 25.4 Å². The highest BCUT2D eigenvalue weighted by atomic mass is 15.1. The molecule has 11 heavy (non-hydrogen) atoms. The van der Waals surface area contributed by atoms with Gasteiger partial charge in [-0.2, -0.15) is 0 Å². The molecule has 0 saturated carbocycles. The first-order chi connectivity index (χ1) is 4.76. The summed E-state index contributed by atoms with van der Waals surface area (Å²) < 4.78 is 0. The molecule has 1 heteroatoms. The molecule has 0 fully saturated rings. The fourth-order valence-electron chi connectivity index (χ4n) is 2.37. The van der Waals surface area contributed by atoms with Gasteiger partial charge in [-0.3, -0.25) is 0 Å². The van der Waals surface area contributed by atoms with Crippen molar-refractivity contribution in [2.24, 2.45) is 11.3 Å². The Labute approximate surface area is 71.8 Å². The molecule has 0 aliphatic rings. The Balaban J connectivity index is 4.35. The summed E-state index contributed by atoms with van der Waals surface area (Å²) in [5.74, 6) is 0.727. The molecule has 0 rings (SSSR count). The van der Waals surface area contributed by atoms with Gasteiger partial charge in [-0.1, -0.05) is 34.6 Å². The zero-order valence-electron chi connectivity index (χ0n) is 9.10. The molecule has 0 aromatic rings. The molecule has 0 aliphatic carbocycles. The van der Waals surface area contributed by atoms with Crippen molar-refractivity contribution in [3.05, 3.63) is 0 Å². The van der Waals surface area contributed by atoms with Crippen LogP contribution in [0.2, 0.25) is 0 Å². The van der Waals surface area contributed by atoms with Crippen LogP contribution in [-0.2, 0) is 0 Å². The summed E-state index contributed by atoms with van der Waals surface area (Å²) in [7, 11) is 4.33. The summed E-state index contributed by atoms with van der Waals surface area (Å²) in [4.78, 5) is 2.32. The third-order valence-corrected chi connectivity index (χ3v) is 2.08. The van der Waals surface area contributed by atoms with Gasteiger partial charge < -0.3 is 4.90 Å². The van der Waals surface area contributed by atoms with E-state index < -0.39 is 0 Å². The van der Waals surface area contributed by atoms with Gasteiger partial charge in [0.1, 0.15) is 0 Å². The molecule has 0 bridgehead atoms. The smallest absolute Gasteiger partial charge is 0.0161 e. The Bertz CT molecular complexity index is 101. The standard InChI is InChI=1S/C10H23N/c1-8(2)9(11(6)7)10(3,4)5/h8-9H,1-7H3/t9-/m1/s1. The van der Waals surface area contributed by atoms with Gasteiger partial charge in [-0.15, -0.1) is 0 Å². The molecule has 0 radical (unpaired) electrons. The van der Waals surface area contributed by atoms with E-state index in [1.165, 1.54) is 0 Å². The van der Waals surface area contributed by atoms with Crippen LogP contribution < -0.4 is 0 Å². The number of hydrogen-bond acceptors (Lipinski definition) is 1. The summed E-state index contributed by atoms with van der Waals surface area (Å²) in [6.07, 6.45) is 0. The molecule has 0 spiro atoms.